The van der Waals surface area contributed by atoms with Gasteiger partial charge in [-0.1, -0.05) is 17.3 Å². The summed E-state index contributed by atoms with van der Waals surface area (Å²) < 4.78 is 15.8. The quantitative estimate of drug-likeness (QED) is 0.423. The lowest BCUT2D eigenvalue weighted by Gasteiger charge is -2.10. The molecule has 11 nitrogen and oxygen atoms in total. The number of aryl methyl sites for hydroxylation is 1. The van der Waals surface area contributed by atoms with Crippen molar-refractivity contribution in [3.63, 3.8) is 0 Å². The molecule has 148 valence electrons. The van der Waals surface area contributed by atoms with E-state index in [0.29, 0.717) is 5.56 Å². The molecule has 1 aromatic carbocycles. The molecule has 0 fully saturated rings. The summed E-state index contributed by atoms with van der Waals surface area (Å²) in [4.78, 5) is 24.9. The number of hydrogen-bond acceptors (Lipinski definition) is 9. The van der Waals surface area contributed by atoms with E-state index in [1.807, 2.05) is 0 Å². The molecule has 0 unspecified atom stereocenters. The molecule has 0 amide bonds. The number of aromatic nitrogens is 2. The molecule has 0 saturated carbocycles. The van der Waals surface area contributed by atoms with Gasteiger partial charge in [-0.2, -0.15) is 0 Å². The van der Waals surface area contributed by atoms with E-state index in [0.717, 1.165) is 0 Å². The van der Waals surface area contributed by atoms with Gasteiger partial charge in [0.05, 0.1) is 17.0 Å². The Labute approximate surface area is 163 Å². The van der Waals surface area contributed by atoms with E-state index in [4.69, 9.17) is 14.0 Å². The Kier molecular flexibility index (Phi) is 5.49. The monoisotopic (exact) mass is 398 g/mol. The van der Waals surface area contributed by atoms with Crippen molar-refractivity contribution >= 4 is 23.5 Å². The molecule has 0 atom stereocenters. The van der Waals surface area contributed by atoms with Crippen LogP contribution in [-0.2, 0) is 0 Å². The zero-order valence-corrected chi connectivity index (χ0v) is 15.3. The van der Waals surface area contributed by atoms with Crippen LogP contribution in [0.5, 0.6) is 17.4 Å². The zero-order valence-electron chi connectivity index (χ0n) is 15.3. The second-order valence-electron chi connectivity index (χ2n) is 5.67. The van der Waals surface area contributed by atoms with Gasteiger partial charge in [-0.25, -0.2) is 4.98 Å². The Balaban J connectivity index is 1.88. The van der Waals surface area contributed by atoms with Gasteiger partial charge in [0.15, 0.2) is 17.2 Å². The molecular formula is C18H14N4O7. The van der Waals surface area contributed by atoms with Crippen molar-refractivity contribution in [2.75, 3.05) is 7.11 Å². The van der Waals surface area contributed by atoms with Crippen LogP contribution < -0.4 is 9.47 Å². The summed E-state index contributed by atoms with van der Waals surface area (Å²) in [6.45, 7) is 1.48. The molecule has 0 aliphatic carbocycles. The van der Waals surface area contributed by atoms with E-state index in [9.17, 15) is 20.2 Å². The fraction of sp³-hybridized carbons (Fsp3) is 0.111. The van der Waals surface area contributed by atoms with E-state index in [1.54, 1.807) is 18.2 Å². The van der Waals surface area contributed by atoms with Crippen LogP contribution in [0.3, 0.4) is 0 Å². The van der Waals surface area contributed by atoms with E-state index in [2.05, 4.69) is 10.1 Å². The highest BCUT2D eigenvalue weighted by Crippen LogP contribution is 2.35. The fourth-order valence-corrected chi connectivity index (χ4v) is 2.46. The molecular weight excluding hydrogens is 384 g/mol. The molecule has 0 radical (unpaired) electrons. The van der Waals surface area contributed by atoms with Gasteiger partial charge >= 0.3 is 11.4 Å². The van der Waals surface area contributed by atoms with E-state index in [-0.39, 0.29) is 40.2 Å². The summed E-state index contributed by atoms with van der Waals surface area (Å²) >= 11 is 0. The van der Waals surface area contributed by atoms with Crippen LogP contribution in [0.25, 0.3) is 12.2 Å². The largest absolute Gasteiger partial charge is 0.493 e. The third-order valence-electron chi connectivity index (χ3n) is 3.81. The van der Waals surface area contributed by atoms with Crippen molar-refractivity contribution in [2.24, 2.45) is 0 Å². The first-order valence-electron chi connectivity index (χ1n) is 8.14. The number of ether oxygens (including phenoxy) is 2. The van der Waals surface area contributed by atoms with Gasteiger partial charge in [0.25, 0.3) is 5.88 Å². The van der Waals surface area contributed by atoms with Crippen molar-refractivity contribution in [1.82, 2.24) is 10.1 Å². The van der Waals surface area contributed by atoms with E-state index >= 15 is 0 Å². The number of nitro groups is 2. The first kappa shape index (κ1) is 19.5. The molecule has 0 spiro atoms. The minimum Gasteiger partial charge on any atom is -0.493 e. The van der Waals surface area contributed by atoms with Gasteiger partial charge in [-0.15, -0.1) is 0 Å². The number of methoxy groups -OCH3 is 1. The molecule has 0 bridgehead atoms. The Hall–Kier alpha value is -4.28. The fourth-order valence-electron chi connectivity index (χ4n) is 2.46. The molecule has 0 N–H and O–H groups in total. The highest BCUT2D eigenvalue weighted by molar-refractivity contribution is 5.72. The number of benzene rings is 1. The maximum Gasteiger partial charge on any atom is 0.338 e. The summed E-state index contributed by atoms with van der Waals surface area (Å²) in [6.07, 6.45) is 4.36. The van der Waals surface area contributed by atoms with Crippen LogP contribution in [-0.4, -0.2) is 27.1 Å². The minimum absolute atomic E-state index is 0.0101. The van der Waals surface area contributed by atoms with Crippen LogP contribution in [0.1, 0.15) is 17.0 Å². The summed E-state index contributed by atoms with van der Waals surface area (Å²) in [5.74, 6) is 0.339. The molecule has 0 saturated heterocycles. The third kappa shape index (κ3) is 4.18. The predicted octanol–water partition coefficient (Wildman–Crippen LogP) is 4.17. The van der Waals surface area contributed by atoms with Crippen LogP contribution in [0.15, 0.2) is 41.1 Å². The van der Waals surface area contributed by atoms with Crippen molar-refractivity contribution in [3.05, 3.63) is 73.8 Å². The molecule has 3 aromatic rings. The van der Waals surface area contributed by atoms with E-state index in [1.165, 1.54) is 44.5 Å². The first-order valence-corrected chi connectivity index (χ1v) is 8.14. The molecule has 11 heteroatoms. The Bertz CT molecular complexity index is 1110. The Morgan fingerprint density at radius 2 is 1.90 bits per heavy atom. The molecule has 29 heavy (non-hydrogen) atoms. The average Bonchev–Trinajstić information content (AvgIpc) is 3.08. The topological polar surface area (TPSA) is 144 Å². The lowest BCUT2D eigenvalue weighted by atomic mass is 10.1. The average molecular weight is 398 g/mol. The lowest BCUT2D eigenvalue weighted by Crippen LogP contribution is -1.97. The van der Waals surface area contributed by atoms with Gasteiger partial charge < -0.3 is 14.0 Å². The van der Waals surface area contributed by atoms with Gasteiger partial charge in [0, 0.05) is 12.3 Å². The molecule has 3 rings (SSSR count). The highest BCUT2D eigenvalue weighted by Gasteiger charge is 2.22. The SMILES string of the molecule is COc1cc(/C=C/c2onc(C)c2[N+](=O)[O-])ccc1Oc1ncccc1[N+](=O)[O-]. The minimum atomic E-state index is -0.599. The van der Waals surface area contributed by atoms with Crippen LogP contribution >= 0.6 is 0 Å². The second kappa shape index (κ2) is 8.17. The van der Waals surface area contributed by atoms with Gasteiger partial charge in [0.2, 0.25) is 5.76 Å². The molecule has 2 heterocycles. The Morgan fingerprint density at radius 3 is 2.59 bits per heavy atom. The van der Waals surface area contributed by atoms with Crippen LogP contribution in [0, 0.1) is 27.2 Å². The van der Waals surface area contributed by atoms with Gasteiger partial charge in [-0.3, -0.25) is 20.2 Å². The predicted molar refractivity (Wildman–Crippen MR) is 101 cm³/mol. The summed E-state index contributed by atoms with van der Waals surface area (Å²) in [5.41, 5.74) is 0.295. The van der Waals surface area contributed by atoms with Crippen molar-refractivity contribution in [2.45, 2.75) is 6.92 Å². The van der Waals surface area contributed by atoms with Crippen molar-refractivity contribution < 1.29 is 23.8 Å². The number of hydrogen-bond donors (Lipinski definition) is 0. The Morgan fingerprint density at radius 1 is 1.10 bits per heavy atom. The maximum atomic E-state index is 11.1. The maximum absolute atomic E-state index is 11.1. The summed E-state index contributed by atoms with van der Waals surface area (Å²) in [7, 11) is 1.41. The van der Waals surface area contributed by atoms with Gasteiger partial charge in [-0.05, 0) is 36.8 Å². The number of rotatable bonds is 7. The smallest absolute Gasteiger partial charge is 0.338 e. The number of pyridine rings is 1. The van der Waals surface area contributed by atoms with Gasteiger partial charge in [0.1, 0.15) is 0 Å². The summed E-state index contributed by atoms with van der Waals surface area (Å²) in [6, 6.07) is 7.48. The van der Waals surface area contributed by atoms with Crippen LogP contribution in [0.4, 0.5) is 11.4 Å². The second-order valence-corrected chi connectivity index (χ2v) is 5.67. The van der Waals surface area contributed by atoms with Crippen LogP contribution in [0.2, 0.25) is 0 Å². The van der Waals surface area contributed by atoms with E-state index < -0.39 is 9.85 Å². The molecule has 0 aliphatic heterocycles. The molecule has 0 aliphatic rings. The number of nitrogens with zero attached hydrogens (tertiary/aromatic N) is 4. The first-order chi connectivity index (χ1) is 13.9. The third-order valence-corrected chi connectivity index (χ3v) is 3.81. The highest BCUT2D eigenvalue weighted by atomic mass is 16.6. The lowest BCUT2D eigenvalue weighted by molar-refractivity contribution is -0.386. The van der Waals surface area contributed by atoms with Crippen molar-refractivity contribution in [3.8, 4) is 17.4 Å². The van der Waals surface area contributed by atoms with Crippen molar-refractivity contribution in [1.29, 1.82) is 0 Å². The standard InChI is InChI=1S/C18H14N4O7/c1-11-17(22(25)26)15(29-20-11)8-6-12-5-7-14(16(10-12)27-2)28-18-13(21(23)24)4-3-9-19-18/h3-10H,1-2H3/b8-6+. The molecule has 2 aromatic heterocycles. The summed E-state index contributed by atoms with van der Waals surface area (Å²) in [5, 5.41) is 25.8. The zero-order chi connectivity index (χ0) is 21.0. The normalized spacial score (nSPS) is 10.8.